The summed E-state index contributed by atoms with van der Waals surface area (Å²) in [6.07, 6.45) is 3.64. The Hall–Kier alpha value is -2.08. The monoisotopic (exact) mass is 260 g/mol. The third-order valence-electron chi connectivity index (χ3n) is 3.86. The van der Waals surface area contributed by atoms with Crippen molar-refractivity contribution in [2.45, 2.75) is 26.2 Å². The number of hydrogen-bond donors (Lipinski definition) is 0. The molecule has 0 heterocycles. The number of hydrogen-bond acceptors (Lipinski definition) is 0. The minimum absolute atomic E-state index is 1.16. The molecule has 0 heteroatoms. The zero-order valence-corrected chi connectivity index (χ0v) is 12.0. The van der Waals surface area contributed by atoms with Crippen LogP contribution in [0.2, 0.25) is 0 Å². The van der Waals surface area contributed by atoms with E-state index in [4.69, 9.17) is 0 Å². The molecule has 0 aliphatic rings. The summed E-state index contributed by atoms with van der Waals surface area (Å²) in [6.45, 7) is 2.25. The molecule has 3 aromatic rings. The highest BCUT2D eigenvalue weighted by Crippen LogP contribution is 2.29. The minimum Gasteiger partial charge on any atom is -0.0654 e. The van der Waals surface area contributed by atoms with Crippen LogP contribution in [0.3, 0.4) is 0 Å². The Bertz CT molecular complexity index is 696. The second-order valence-corrected chi connectivity index (χ2v) is 5.33. The average molecular weight is 260 g/mol. The van der Waals surface area contributed by atoms with Crippen LogP contribution in [-0.2, 0) is 6.42 Å². The van der Waals surface area contributed by atoms with Gasteiger partial charge < -0.3 is 0 Å². The molecular formula is C20H20. The van der Waals surface area contributed by atoms with Crippen molar-refractivity contribution in [2.24, 2.45) is 0 Å². The predicted molar refractivity (Wildman–Crippen MR) is 88.0 cm³/mol. The average Bonchev–Trinajstić information content (AvgIpc) is 2.53. The van der Waals surface area contributed by atoms with Crippen LogP contribution in [0.4, 0.5) is 0 Å². The molecule has 0 bridgehead atoms. The highest BCUT2D eigenvalue weighted by Gasteiger charge is 2.06. The SMILES string of the molecule is CCCCc1cc2ccccc2cc1-c1ccccc1. The molecule has 0 aliphatic heterocycles. The molecule has 0 atom stereocenters. The van der Waals surface area contributed by atoms with Crippen molar-refractivity contribution in [3.8, 4) is 11.1 Å². The van der Waals surface area contributed by atoms with E-state index in [0.717, 1.165) is 6.42 Å². The van der Waals surface area contributed by atoms with Crippen LogP contribution < -0.4 is 0 Å². The van der Waals surface area contributed by atoms with Gasteiger partial charge in [0.15, 0.2) is 0 Å². The molecule has 3 rings (SSSR count). The molecule has 20 heavy (non-hydrogen) atoms. The van der Waals surface area contributed by atoms with Crippen LogP contribution in [0.15, 0.2) is 66.7 Å². The fourth-order valence-electron chi connectivity index (χ4n) is 2.75. The molecule has 0 unspecified atom stereocenters. The number of rotatable bonds is 4. The van der Waals surface area contributed by atoms with Gasteiger partial charge in [-0.2, -0.15) is 0 Å². The maximum atomic E-state index is 2.37. The standard InChI is InChI=1S/C20H20/c1-2-3-9-19-14-17-12-7-8-13-18(17)15-20(19)16-10-5-4-6-11-16/h4-8,10-15H,2-3,9H2,1H3. The zero-order valence-electron chi connectivity index (χ0n) is 12.0. The van der Waals surface area contributed by atoms with Crippen LogP contribution in [-0.4, -0.2) is 0 Å². The lowest BCUT2D eigenvalue weighted by Crippen LogP contribution is -1.91. The second kappa shape index (κ2) is 5.92. The van der Waals surface area contributed by atoms with Gasteiger partial charge in [-0.25, -0.2) is 0 Å². The summed E-state index contributed by atoms with van der Waals surface area (Å²) in [5, 5.41) is 2.67. The van der Waals surface area contributed by atoms with Gasteiger partial charge in [0.25, 0.3) is 0 Å². The Balaban J connectivity index is 2.16. The first kappa shape index (κ1) is 12.9. The summed E-state index contributed by atoms with van der Waals surface area (Å²) in [7, 11) is 0. The van der Waals surface area contributed by atoms with Crippen molar-refractivity contribution >= 4 is 10.8 Å². The van der Waals surface area contributed by atoms with E-state index in [9.17, 15) is 0 Å². The number of unbranched alkanes of at least 4 members (excludes halogenated alkanes) is 1. The molecule has 0 N–H and O–H groups in total. The van der Waals surface area contributed by atoms with Gasteiger partial charge in [0.2, 0.25) is 0 Å². The van der Waals surface area contributed by atoms with Gasteiger partial charge in [-0.3, -0.25) is 0 Å². The molecule has 0 amide bonds. The van der Waals surface area contributed by atoms with Crippen molar-refractivity contribution < 1.29 is 0 Å². The highest BCUT2D eigenvalue weighted by molar-refractivity contribution is 5.89. The van der Waals surface area contributed by atoms with E-state index >= 15 is 0 Å². The third kappa shape index (κ3) is 2.60. The maximum Gasteiger partial charge on any atom is -0.0146 e. The topological polar surface area (TPSA) is 0 Å². The fraction of sp³-hybridized carbons (Fsp3) is 0.200. The predicted octanol–water partition coefficient (Wildman–Crippen LogP) is 5.85. The molecule has 0 radical (unpaired) electrons. The van der Waals surface area contributed by atoms with E-state index in [-0.39, 0.29) is 0 Å². The minimum atomic E-state index is 1.16. The largest absolute Gasteiger partial charge is 0.0654 e. The van der Waals surface area contributed by atoms with Crippen molar-refractivity contribution in [1.29, 1.82) is 0 Å². The van der Waals surface area contributed by atoms with Crippen molar-refractivity contribution in [2.75, 3.05) is 0 Å². The lowest BCUT2D eigenvalue weighted by Gasteiger charge is -2.12. The third-order valence-corrected chi connectivity index (χ3v) is 3.86. The van der Waals surface area contributed by atoms with Crippen molar-refractivity contribution in [1.82, 2.24) is 0 Å². The smallest absolute Gasteiger partial charge is 0.0146 e. The number of fused-ring (bicyclic) bond motifs is 1. The summed E-state index contributed by atoms with van der Waals surface area (Å²) in [5.41, 5.74) is 4.18. The Morgan fingerprint density at radius 1 is 0.750 bits per heavy atom. The molecule has 0 fully saturated rings. The summed E-state index contributed by atoms with van der Waals surface area (Å²) < 4.78 is 0. The van der Waals surface area contributed by atoms with E-state index in [2.05, 4.69) is 73.7 Å². The van der Waals surface area contributed by atoms with Crippen molar-refractivity contribution in [3.63, 3.8) is 0 Å². The Morgan fingerprint density at radius 3 is 2.10 bits per heavy atom. The van der Waals surface area contributed by atoms with Gasteiger partial charge in [0.1, 0.15) is 0 Å². The summed E-state index contributed by atoms with van der Waals surface area (Å²) in [5.74, 6) is 0. The molecule has 0 aromatic heterocycles. The zero-order chi connectivity index (χ0) is 13.8. The molecule has 100 valence electrons. The summed E-state index contributed by atoms with van der Waals surface area (Å²) >= 11 is 0. The summed E-state index contributed by atoms with van der Waals surface area (Å²) in [4.78, 5) is 0. The van der Waals surface area contributed by atoms with Gasteiger partial charge in [0.05, 0.1) is 0 Å². The van der Waals surface area contributed by atoms with E-state index in [1.807, 2.05) is 0 Å². The van der Waals surface area contributed by atoms with Gasteiger partial charge in [-0.05, 0) is 46.4 Å². The first-order valence-electron chi connectivity index (χ1n) is 7.45. The number of benzene rings is 3. The Kier molecular flexibility index (Phi) is 3.83. The quantitative estimate of drug-likeness (QED) is 0.552. The fourth-order valence-corrected chi connectivity index (χ4v) is 2.75. The molecule has 0 saturated carbocycles. The summed E-state index contributed by atoms with van der Waals surface area (Å²) in [6, 6.07) is 24.1. The van der Waals surface area contributed by atoms with E-state index in [1.54, 1.807) is 0 Å². The van der Waals surface area contributed by atoms with Gasteiger partial charge in [-0.15, -0.1) is 0 Å². The molecule has 0 saturated heterocycles. The molecule has 0 aliphatic carbocycles. The van der Waals surface area contributed by atoms with Crippen LogP contribution in [0.25, 0.3) is 21.9 Å². The normalized spacial score (nSPS) is 10.8. The Morgan fingerprint density at radius 2 is 1.40 bits per heavy atom. The maximum absolute atomic E-state index is 2.37. The van der Waals surface area contributed by atoms with Gasteiger partial charge in [-0.1, -0.05) is 74.0 Å². The van der Waals surface area contributed by atoms with Crippen LogP contribution in [0, 0.1) is 0 Å². The van der Waals surface area contributed by atoms with E-state index in [1.165, 1.54) is 40.3 Å². The lowest BCUT2D eigenvalue weighted by molar-refractivity contribution is 0.797. The lowest BCUT2D eigenvalue weighted by atomic mass is 9.93. The molecule has 0 spiro atoms. The Labute approximate surface area is 121 Å². The first-order chi connectivity index (χ1) is 9.88. The highest BCUT2D eigenvalue weighted by atomic mass is 14.1. The second-order valence-electron chi connectivity index (χ2n) is 5.33. The van der Waals surface area contributed by atoms with Crippen molar-refractivity contribution in [3.05, 3.63) is 72.3 Å². The van der Waals surface area contributed by atoms with E-state index < -0.39 is 0 Å². The van der Waals surface area contributed by atoms with Gasteiger partial charge in [0, 0.05) is 0 Å². The number of aryl methyl sites for hydroxylation is 1. The molecular weight excluding hydrogens is 240 g/mol. The molecule has 0 nitrogen and oxygen atoms in total. The van der Waals surface area contributed by atoms with Gasteiger partial charge >= 0.3 is 0 Å². The van der Waals surface area contributed by atoms with E-state index in [0.29, 0.717) is 0 Å². The van der Waals surface area contributed by atoms with Crippen LogP contribution >= 0.6 is 0 Å². The van der Waals surface area contributed by atoms with Crippen LogP contribution in [0.1, 0.15) is 25.3 Å². The molecule has 3 aromatic carbocycles. The first-order valence-corrected chi connectivity index (χ1v) is 7.45. The van der Waals surface area contributed by atoms with Crippen LogP contribution in [0.5, 0.6) is 0 Å².